The number of ether oxygens (including phenoxy) is 2. The topological polar surface area (TPSA) is 88.1 Å². The quantitative estimate of drug-likeness (QED) is 0.111. The Kier molecular flexibility index (Phi) is 10.4. The van der Waals surface area contributed by atoms with Gasteiger partial charge in [0.2, 0.25) is 5.95 Å². The molecule has 0 unspecified atom stereocenters. The second-order valence-electron chi connectivity index (χ2n) is 12.4. The fourth-order valence-corrected chi connectivity index (χ4v) is 6.43. The van der Waals surface area contributed by atoms with Crippen molar-refractivity contribution in [2.24, 2.45) is 0 Å². The third-order valence-electron chi connectivity index (χ3n) is 8.94. The van der Waals surface area contributed by atoms with E-state index in [0.29, 0.717) is 45.7 Å². The van der Waals surface area contributed by atoms with Gasteiger partial charge in [0.05, 0.1) is 5.56 Å². The van der Waals surface area contributed by atoms with Crippen LogP contribution in [-0.2, 0) is 41.5 Å². The third-order valence-corrected chi connectivity index (χ3v) is 8.94. The van der Waals surface area contributed by atoms with Gasteiger partial charge in [0.25, 0.3) is 0 Å². The molecule has 10 aromatic rings. The Labute approximate surface area is 349 Å². The minimum atomic E-state index is 0. The predicted molar refractivity (Wildman–Crippen MR) is 206 cm³/mol. The van der Waals surface area contributed by atoms with Crippen LogP contribution in [0.2, 0.25) is 0 Å². The minimum Gasteiger partial charge on any atom is -0.503 e. The molecule has 272 valence electrons. The summed E-state index contributed by atoms with van der Waals surface area (Å²) < 4.78 is 20.7. The molecule has 56 heavy (non-hydrogen) atoms. The number of rotatable bonds is 8. The average molecular weight is 997 g/mol. The third kappa shape index (κ3) is 7.16. The van der Waals surface area contributed by atoms with Crippen LogP contribution in [0.15, 0.2) is 157 Å². The van der Waals surface area contributed by atoms with Crippen LogP contribution in [0, 0.1) is 24.3 Å². The number of nitrogens with zero attached hydrogens (tertiary/aromatic N) is 5. The van der Waals surface area contributed by atoms with Crippen molar-refractivity contribution in [2.45, 2.75) is 0 Å². The Morgan fingerprint density at radius 1 is 0.518 bits per heavy atom. The van der Waals surface area contributed by atoms with Crippen molar-refractivity contribution >= 4 is 32.8 Å². The van der Waals surface area contributed by atoms with E-state index in [2.05, 4.69) is 34.2 Å². The van der Waals surface area contributed by atoms with E-state index in [0.717, 1.165) is 49.8 Å². The molecular weight excluding hydrogens is 972 g/mol. The maximum Gasteiger partial charge on any atom is 2.00 e. The number of furan rings is 1. The fourth-order valence-electron chi connectivity index (χ4n) is 6.43. The first-order valence-electron chi connectivity index (χ1n) is 17.2. The summed E-state index contributed by atoms with van der Waals surface area (Å²) in [6, 6.07) is 54.3. The average Bonchev–Trinajstić information content (AvgIpc) is 3.81. The van der Waals surface area contributed by atoms with Crippen molar-refractivity contribution in [2.75, 3.05) is 0 Å². The van der Waals surface area contributed by atoms with Gasteiger partial charge in [-0.2, -0.15) is 22.9 Å². The molecule has 0 saturated heterocycles. The van der Waals surface area contributed by atoms with E-state index in [9.17, 15) is 0 Å². The maximum atomic E-state index is 6.34. The molecule has 0 spiro atoms. The predicted octanol–water partition coefficient (Wildman–Crippen LogP) is 10.9. The summed E-state index contributed by atoms with van der Waals surface area (Å²) in [5.74, 6) is 3.17. The number of fused-ring (bicyclic) bond motifs is 4. The van der Waals surface area contributed by atoms with Gasteiger partial charge < -0.3 is 28.4 Å². The molecule has 10 rings (SSSR count). The van der Waals surface area contributed by atoms with E-state index in [1.54, 1.807) is 24.8 Å². The zero-order valence-corrected chi connectivity index (χ0v) is 32.9. The van der Waals surface area contributed by atoms with E-state index in [4.69, 9.17) is 23.9 Å². The Balaban J connectivity index is 0.00000220. The van der Waals surface area contributed by atoms with Crippen molar-refractivity contribution in [3.05, 3.63) is 176 Å². The van der Waals surface area contributed by atoms with Gasteiger partial charge in [-0.15, -0.1) is 71.8 Å². The number of pyridine rings is 2. The maximum absolute atomic E-state index is 6.34. The molecule has 0 amide bonds. The zero-order valence-electron chi connectivity index (χ0n) is 29.0. The van der Waals surface area contributed by atoms with Crippen LogP contribution in [0.3, 0.4) is 0 Å². The van der Waals surface area contributed by atoms with Gasteiger partial charge in [-0.3, -0.25) is 0 Å². The molecule has 5 aromatic carbocycles. The minimum absolute atomic E-state index is 0. The normalized spacial score (nSPS) is 10.9. The molecule has 0 aliphatic carbocycles. The van der Waals surface area contributed by atoms with Crippen LogP contribution in [0.5, 0.6) is 23.0 Å². The summed E-state index contributed by atoms with van der Waals surface area (Å²) in [4.78, 5) is 18.6. The number of aromatic nitrogens is 5. The van der Waals surface area contributed by atoms with E-state index in [1.165, 1.54) is 0 Å². The molecule has 10 heteroatoms. The zero-order chi connectivity index (χ0) is 35.8. The van der Waals surface area contributed by atoms with Gasteiger partial charge in [0.1, 0.15) is 11.3 Å². The molecule has 0 fully saturated rings. The molecule has 8 nitrogen and oxygen atoms in total. The first-order valence-corrected chi connectivity index (χ1v) is 17.2. The van der Waals surface area contributed by atoms with Gasteiger partial charge in [-0.1, -0.05) is 65.6 Å². The second kappa shape index (κ2) is 15.9. The Morgan fingerprint density at radius 2 is 1.05 bits per heavy atom. The van der Waals surface area contributed by atoms with Gasteiger partial charge in [0.15, 0.2) is 0 Å². The van der Waals surface area contributed by atoms with E-state index in [1.807, 2.05) is 132 Å². The van der Waals surface area contributed by atoms with E-state index < -0.39 is 0 Å². The van der Waals surface area contributed by atoms with Gasteiger partial charge >= 0.3 is 41.5 Å². The summed E-state index contributed by atoms with van der Waals surface area (Å²) in [6.45, 7) is 0. The molecule has 5 heterocycles. The summed E-state index contributed by atoms with van der Waals surface area (Å²) in [7, 11) is 0. The molecule has 0 bridgehead atoms. The monoisotopic (exact) mass is 996 g/mol. The Hall–Kier alpha value is -6.23. The molecule has 0 atom stereocenters. The van der Waals surface area contributed by atoms with Crippen molar-refractivity contribution < 1.29 is 55.4 Å². The van der Waals surface area contributed by atoms with Crippen LogP contribution in [0.1, 0.15) is 0 Å². The molecule has 0 aliphatic rings. The second-order valence-corrected chi connectivity index (χ2v) is 12.4. The van der Waals surface area contributed by atoms with Crippen LogP contribution in [0.4, 0.5) is 0 Å². The van der Waals surface area contributed by atoms with Crippen molar-refractivity contribution in [3.63, 3.8) is 0 Å². The number of hydrogen-bond acceptors (Lipinski definition) is 7. The molecule has 0 saturated carbocycles. The van der Waals surface area contributed by atoms with Crippen LogP contribution < -0.4 is 9.47 Å². The van der Waals surface area contributed by atoms with Crippen molar-refractivity contribution in [3.8, 4) is 62.8 Å². The van der Waals surface area contributed by atoms with Gasteiger partial charge in [0, 0.05) is 53.2 Å². The van der Waals surface area contributed by atoms with E-state index >= 15 is 0 Å². The Bertz CT molecular complexity index is 2780. The standard InChI is InChI=1S/C46H25N5O3.Pd.Pt/c1-2-16-44-32(9-1)25-45(54-44)33-28-49-46(50-29-33)51-42-26-36(52-34-12-7-10-30(23-34)40-14-3-5-21-47-40)17-19-38(42)39-20-18-37(27-43(39)51)53-35-13-8-11-31(24-35)41-15-4-6-22-48-41;;/h1-22,25,28-29H;;/q-4;2*+2. The van der Waals surface area contributed by atoms with Crippen molar-refractivity contribution in [1.82, 2.24) is 24.5 Å². The van der Waals surface area contributed by atoms with Crippen LogP contribution in [0.25, 0.3) is 72.6 Å². The molecule has 5 aromatic heterocycles. The van der Waals surface area contributed by atoms with Gasteiger partial charge in [-0.25, -0.2) is 9.97 Å². The fraction of sp³-hybridized carbons (Fsp3) is 0. The van der Waals surface area contributed by atoms with E-state index in [-0.39, 0.29) is 41.5 Å². The smallest absolute Gasteiger partial charge is 0.503 e. The first-order chi connectivity index (χ1) is 26.7. The number of para-hydroxylation sites is 1. The molecule has 0 N–H and O–H groups in total. The Morgan fingerprint density at radius 3 is 1.59 bits per heavy atom. The molecule has 0 aliphatic heterocycles. The molecular formula is C46H25N5O3PdPt. The largest absolute Gasteiger partial charge is 2.00 e. The summed E-state index contributed by atoms with van der Waals surface area (Å²) in [5, 5.41) is 2.84. The van der Waals surface area contributed by atoms with Crippen LogP contribution >= 0.6 is 0 Å². The number of benzene rings is 5. The summed E-state index contributed by atoms with van der Waals surface area (Å²) >= 11 is 0. The molecule has 0 radical (unpaired) electrons. The van der Waals surface area contributed by atoms with Gasteiger partial charge in [-0.05, 0) is 35.7 Å². The number of hydrogen-bond donors (Lipinski definition) is 0. The summed E-state index contributed by atoms with van der Waals surface area (Å²) in [6.07, 6.45) is 7.03. The summed E-state index contributed by atoms with van der Waals surface area (Å²) in [5.41, 5.74) is 6.23. The van der Waals surface area contributed by atoms with Crippen molar-refractivity contribution in [1.29, 1.82) is 0 Å². The van der Waals surface area contributed by atoms with Crippen LogP contribution in [-0.4, -0.2) is 24.5 Å². The first kappa shape index (κ1) is 36.7. The SMILES string of the molecule is [Pd+2].[Pt+2].[c-]1c(Oc2[c-]c3c(cc2)c2ccc(Oc4[c-]c(-c5ccccn5)ccc4)[c-]c2n3-c2ncc(-c3cc4ccccc4o3)cn2)cccc1-c1ccccn1.